The molecule has 0 radical (unpaired) electrons. The van der Waals surface area contributed by atoms with Crippen molar-refractivity contribution in [2.24, 2.45) is 5.92 Å². The summed E-state index contributed by atoms with van der Waals surface area (Å²) in [6.07, 6.45) is 0.136. The number of halogens is 1. The quantitative estimate of drug-likeness (QED) is 0.548. The molecule has 2 amide bonds. The highest BCUT2D eigenvalue weighted by molar-refractivity contribution is 6.21. The third-order valence-electron chi connectivity index (χ3n) is 4.76. The number of benzene rings is 2. The SMILES string of the molecule is CC(C)CCN1C(=O)c2ccc(C(=O)O[C@@H](C)c3ccc(F)cc3)cc2C1=O. The topological polar surface area (TPSA) is 63.7 Å². The first kappa shape index (κ1) is 19.7. The van der Waals surface area contributed by atoms with E-state index in [0.717, 1.165) is 6.42 Å². The van der Waals surface area contributed by atoms with Gasteiger partial charge in [0.25, 0.3) is 11.8 Å². The summed E-state index contributed by atoms with van der Waals surface area (Å²) in [6.45, 7) is 6.08. The number of fused-ring (bicyclic) bond motifs is 1. The van der Waals surface area contributed by atoms with Gasteiger partial charge in [-0.05, 0) is 55.2 Å². The van der Waals surface area contributed by atoms with Crippen LogP contribution in [0.4, 0.5) is 4.39 Å². The zero-order valence-corrected chi connectivity index (χ0v) is 16.1. The maximum absolute atomic E-state index is 13.0. The predicted octanol–water partition coefficient (Wildman–Crippen LogP) is 4.39. The number of carbonyl (C=O) groups is 3. The zero-order valence-electron chi connectivity index (χ0n) is 16.1. The minimum absolute atomic E-state index is 0.194. The summed E-state index contributed by atoms with van der Waals surface area (Å²) in [5.41, 5.74) is 1.37. The van der Waals surface area contributed by atoms with Crippen molar-refractivity contribution in [1.82, 2.24) is 4.90 Å². The van der Waals surface area contributed by atoms with Crippen LogP contribution in [-0.4, -0.2) is 29.2 Å². The number of rotatable bonds is 6. The van der Waals surface area contributed by atoms with E-state index in [0.29, 0.717) is 23.6 Å². The van der Waals surface area contributed by atoms with Crippen LogP contribution in [0.3, 0.4) is 0 Å². The van der Waals surface area contributed by atoms with E-state index in [1.54, 1.807) is 19.1 Å². The van der Waals surface area contributed by atoms with Crippen LogP contribution < -0.4 is 0 Å². The van der Waals surface area contributed by atoms with E-state index in [2.05, 4.69) is 0 Å². The summed E-state index contributed by atoms with van der Waals surface area (Å²) in [4.78, 5) is 38.7. The molecule has 0 aromatic heterocycles. The minimum atomic E-state index is -0.611. The molecular formula is C22H22FNO4. The maximum Gasteiger partial charge on any atom is 0.338 e. The van der Waals surface area contributed by atoms with E-state index in [9.17, 15) is 18.8 Å². The lowest BCUT2D eigenvalue weighted by atomic mass is 10.1. The van der Waals surface area contributed by atoms with Crippen molar-refractivity contribution >= 4 is 17.8 Å². The fraction of sp³-hybridized carbons (Fsp3) is 0.318. The summed E-state index contributed by atoms with van der Waals surface area (Å²) in [6, 6.07) is 10.1. The van der Waals surface area contributed by atoms with Crippen molar-refractivity contribution < 1.29 is 23.5 Å². The van der Waals surface area contributed by atoms with Crippen molar-refractivity contribution in [1.29, 1.82) is 0 Å². The van der Waals surface area contributed by atoms with Gasteiger partial charge in [-0.25, -0.2) is 9.18 Å². The number of amides is 2. The standard InChI is InChI=1S/C22H22FNO4/c1-13(2)10-11-24-20(25)18-9-6-16(12-19(18)21(24)26)22(27)28-14(3)15-4-7-17(23)8-5-15/h4-9,12-14H,10-11H2,1-3H3/t14-/m0/s1. The molecule has 6 heteroatoms. The van der Waals surface area contributed by atoms with Gasteiger partial charge in [-0.2, -0.15) is 0 Å². The average Bonchev–Trinajstić information content (AvgIpc) is 2.90. The molecule has 2 aromatic carbocycles. The van der Waals surface area contributed by atoms with Crippen LogP contribution in [0.15, 0.2) is 42.5 Å². The minimum Gasteiger partial charge on any atom is -0.454 e. The monoisotopic (exact) mass is 383 g/mol. The van der Waals surface area contributed by atoms with E-state index < -0.39 is 12.1 Å². The first-order valence-electron chi connectivity index (χ1n) is 9.24. The Morgan fingerprint density at radius 3 is 2.29 bits per heavy atom. The molecule has 1 atom stereocenters. The molecule has 1 aliphatic heterocycles. The van der Waals surface area contributed by atoms with Crippen LogP contribution in [0.25, 0.3) is 0 Å². The number of esters is 1. The summed E-state index contributed by atoms with van der Waals surface area (Å²) in [7, 11) is 0. The van der Waals surface area contributed by atoms with Gasteiger partial charge >= 0.3 is 5.97 Å². The summed E-state index contributed by atoms with van der Waals surface area (Å²) >= 11 is 0. The van der Waals surface area contributed by atoms with Crippen LogP contribution in [0.1, 0.15) is 69.9 Å². The molecule has 0 saturated carbocycles. The first-order valence-corrected chi connectivity index (χ1v) is 9.24. The average molecular weight is 383 g/mol. The molecule has 1 heterocycles. The van der Waals surface area contributed by atoms with Crippen LogP contribution >= 0.6 is 0 Å². The molecule has 0 saturated heterocycles. The van der Waals surface area contributed by atoms with E-state index >= 15 is 0 Å². The predicted molar refractivity (Wildman–Crippen MR) is 101 cm³/mol. The van der Waals surface area contributed by atoms with Crippen molar-refractivity contribution in [2.45, 2.75) is 33.3 Å². The third-order valence-corrected chi connectivity index (χ3v) is 4.76. The molecule has 146 valence electrons. The Hall–Kier alpha value is -3.02. The lowest BCUT2D eigenvalue weighted by Gasteiger charge is -2.14. The largest absolute Gasteiger partial charge is 0.454 e. The highest BCUT2D eigenvalue weighted by Gasteiger charge is 2.35. The molecule has 5 nitrogen and oxygen atoms in total. The summed E-state index contributed by atoms with van der Waals surface area (Å²) in [5.74, 6) is -1.34. The number of imide groups is 1. The highest BCUT2D eigenvalue weighted by atomic mass is 19.1. The summed E-state index contributed by atoms with van der Waals surface area (Å²) < 4.78 is 18.5. The third kappa shape index (κ3) is 3.96. The van der Waals surface area contributed by atoms with Crippen LogP contribution in [-0.2, 0) is 4.74 Å². The van der Waals surface area contributed by atoms with E-state index in [1.807, 2.05) is 13.8 Å². The Morgan fingerprint density at radius 2 is 1.64 bits per heavy atom. The zero-order chi connectivity index (χ0) is 20.4. The number of carbonyl (C=O) groups excluding carboxylic acids is 3. The molecule has 0 bridgehead atoms. The van der Waals surface area contributed by atoms with Crippen molar-refractivity contribution in [2.75, 3.05) is 6.54 Å². The Labute approximate surface area is 163 Å². The summed E-state index contributed by atoms with van der Waals surface area (Å²) in [5, 5.41) is 0. The molecule has 0 N–H and O–H groups in total. The van der Waals surface area contributed by atoms with Gasteiger partial charge in [0.1, 0.15) is 11.9 Å². The van der Waals surface area contributed by atoms with Gasteiger partial charge in [-0.15, -0.1) is 0 Å². The molecular weight excluding hydrogens is 361 g/mol. The Bertz CT molecular complexity index is 921. The fourth-order valence-corrected chi connectivity index (χ4v) is 3.04. The first-order chi connectivity index (χ1) is 13.3. The molecule has 2 aromatic rings. The number of ether oxygens (including phenoxy) is 1. The lowest BCUT2D eigenvalue weighted by molar-refractivity contribution is 0.0337. The Kier molecular flexibility index (Phi) is 5.58. The Balaban J connectivity index is 1.75. The van der Waals surface area contributed by atoms with Crippen molar-refractivity contribution in [3.63, 3.8) is 0 Å². The van der Waals surface area contributed by atoms with E-state index in [4.69, 9.17) is 4.74 Å². The number of hydrogen-bond donors (Lipinski definition) is 0. The lowest BCUT2D eigenvalue weighted by Crippen LogP contribution is -2.31. The Morgan fingerprint density at radius 1 is 1.00 bits per heavy atom. The van der Waals surface area contributed by atoms with Gasteiger partial charge in [-0.3, -0.25) is 14.5 Å². The second kappa shape index (κ2) is 7.92. The molecule has 3 rings (SSSR count). The molecule has 0 aliphatic carbocycles. The van der Waals surface area contributed by atoms with Crippen molar-refractivity contribution in [3.8, 4) is 0 Å². The molecule has 0 unspecified atom stereocenters. The molecule has 1 aliphatic rings. The van der Waals surface area contributed by atoms with Gasteiger partial charge in [0.2, 0.25) is 0 Å². The van der Waals surface area contributed by atoms with E-state index in [-0.39, 0.29) is 28.8 Å². The fourth-order valence-electron chi connectivity index (χ4n) is 3.04. The molecule has 28 heavy (non-hydrogen) atoms. The maximum atomic E-state index is 13.0. The van der Waals surface area contributed by atoms with E-state index in [1.165, 1.54) is 35.2 Å². The van der Waals surface area contributed by atoms with Gasteiger partial charge < -0.3 is 4.74 Å². The van der Waals surface area contributed by atoms with Crippen LogP contribution in [0, 0.1) is 11.7 Å². The number of hydrogen-bond acceptors (Lipinski definition) is 4. The smallest absolute Gasteiger partial charge is 0.338 e. The second-order valence-corrected chi connectivity index (χ2v) is 7.30. The van der Waals surface area contributed by atoms with Crippen molar-refractivity contribution in [3.05, 3.63) is 70.5 Å². The van der Waals surface area contributed by atoms with Gasteiger partial charge in [0.05, 0.1) is 16.7 Å². The molecule has 0 spiro atoms. The van der Waals surface area contributed by atoms with Gasteiger partial charge in [0.15, 0.2) is 0 Å². The van der Waals surface area contributed by atoms with Crippen LogP contribution in [0.2, 0.25) is 0 Å². The van der Waals surface area contributed by atoms with Gasteiger partial charge in [0, 0.05) is 6.54 Å². The highest BCUT2D eigenvalue weighted by Crippen LogP contribution is 2.26. The second-order valence-electron chi connectivity index (χ2n) is 7.30. The van der Waals surface area contributed by atoms with Gasteiger partial charge in [-0.1, -0.05) is 26.0 Å². The normalized spacial score (nSPS) is 14.4. The van der Waals surface area contributed by atoms with Crippen LogP contribution in [0.5, 0.6) is 0 Å². The molecule has 0 fully saturated rings. The number of nitrogens with zero attached hydrogens (tertiary/aromatic N) is 1.